The maximum atomic E-state index is 13.4. The van der Waals surface area contributed by atoms with Gasteiger partial charge in [0.25, 0.3) is 5.91 Å². The number of fused-ring (bicyclic) bond motifs is 1. The monoisotopic (exact) mass is 384 g/mol. The average Bonchev–Trinajstić information content (AvgIpc) is 3.26. The number of nitrogens with zero attached hydrogens (tertiary/aromatic N) is 2. The number of hydrogen-bond donors (Lipinski definition) is 0. The summed E-state index contributed by atoms with van der Waals surface area (Å²) in [5.41, 5.74) is 3.48. The molecule has 0 saturated carbocycles. The zero-order chi connectivity index (χ0) is 20.0. The van der Waals surface area contributed by atoms with Crippen LogP contribution in [0.1, 0.15) is 17.2 Å². The van der Waals surface area contributed by atoms with Gasteiger partial charge in [0.2, 0.25) is 5.91 Å². The molecular weight excluding hydrogens is 364 g/mol. The van der Waals surface area contributed by atoms with E-state index in [9.17, 15) is 9.59 Å². The molecule has 0 N–H and O–H groups in total. The minimum atomic E-state index is -0.839. The van der Waals surface area contributed by atoms with Crippen LogP contribution in [0.15, 0.2) is 84.9 Å². The second-order valence-corrected chi connectivity index (χ2v) is 7.42. The van der Waals surface area contributed by atoms with Crippen molar-refractivity contribution in [3.63, 3.8) is 0 Å². The Morgan fingerprint density at radius 1 is 0.724 bits per heavy atom. The summed E-state index contributed by atoms with van der Waals surface area (Å²) in [6.45, 7) is 2.02. The first-order valence-electron chi connectivity index (χ1n) is 9.65. The Hall–Kier alpha value is -3.44. The number of anilines is 2. The van der Waals surface area contributed by atoms with Crippen LogP contribution >= 0.6 is 0 Å². The molecule has 5 heteroatoms. The fraction of sp³-hybridized carbons (Fsp3) is 0.167. The second kappa shape index (κ2) is 6.87. The first-order chi connectivity index (χ1) is 14.1. The lowest BCUT2D eigenvalue weighted by molar-refractivity contribution is -0.126. The Balaban J connectivity index is 1.59. The molecule has 2 aliphatic rings. The van der Waals surface area contributed by atoms with Gasteiger partial charge in [-0.1, -0.05) is 66.2 Å². The average molecular weight is 384 g/mol. The van der Waals surface area contributed by atoms with E-state index in [0.717, 1.165) is 16.8 Å². The highest BCUT2D eigenvalue weighted by atomic mass is 16.7. The third-order valence-electron chi connectivity index (χ3n) is 5.56. The van der Waals surface area contributed by atoms with Crippen LogP contribution in [0.3, 0.4) is 0 Å². The number of amides is 2. The minimum absolute atomic E-state index is 0.227. The lowest BCUT2D eigenvalue weighted by atomic mass is 9.90. The van der Waals surface area contributed by atoms with Crippen LogP contribution in [0.4, 0.5) is 11.4 Å². The third kappa shape index (κ3) is 2.82. The first-order valence-corrected chi connectivity index (χ1v) is 9.65. The van der Waals surface area contributed by atoms with Gasteiger partial charge in [0.15, 0.2) is 6.10 Å². The maximum absolute atomic E-state index is 13.4. The molecule has 2 heterocycles. The van der Waals surface area contributed by atoms with Gasteiger partial charge in [-0.15, -0.1) is 0 Å². The van der Waals surface area contributed by atoms with E-state index < -0.39 is 12.0 Å². The van der Waals surface area contributed by atoms with E-state index in [1.807, 2.05) is 79.7 Å². The van der Waals surface area contributed by atoms with Crippen LogP contribution in [0, 0.1) is 12.8 Å². The van der Waals surface area contributed by atoms with E-state index in [1.165, 1.54) is 4.90 Å². The smallest absolute Gasteiger partial charge is 0.266 e. The molecular formula is C24H20N2O3. The Labute approximate surface area is 169 Å². The van der Waals surface area contributed by atoms with Gasteiger partial charge in [-0.25, -0.2) is 9.96 Å². The van der Waals surface area contributed by atoms with Crippen LogP contribution in [-0.4, -0.2) is 17.9 Å². The van der Waals surface area contributed by atoms with Crippen LogP contribution in [-0.2, 0) is 14.4 Å². The van der Waals surface area contributed by atoms with E-state index in [2.05, 4.69) is 0 Å². The van der Waals surface area contributed by atoms with Crippen molar-refractivity contribution in [2.24, 2.45) is 5.92 Å². The van der Waals surface area contributed by atoms with Gasteiger partial charge >= 0.3 is 0 Å². The molecule has 5 nitrogen and oxygen atoms in total. The first kappa shape index (κ1) is 17.6. The number of para-hydroxylation sites is 2. The summed E-state index contributed by atoms with van der Waals surface area (Å²) in [5, 5.41) is 1.72. The van der Waals surface area contributed by atoms with Gasteiger partial charge in [0.05, 0.1) is 17.4 Å². The van der Waals surface area contributed by atoms with E-state index in [1.54, 1.807) is 17.2 Å². The highest BCUT2D eigenvalue weighted by molar-refractivity contribution is 6.23. The lowest BCUT2D eigenvalue weighted by Gasteiger charge is -2.28. The molecule has 3 aromatic rings. The molecule has 29 heavy (non-hydrogen) atoms. The number of benzene rings is 3. The van der Waals surface area contributed by atoms with Crippen molar-refractivity contribution in [1.29, 1.82) is 0 Å². The molecule has 2 aliphatic heterocycles. The Kier molecular flexibility index (Phi) is 4.18. The third-order valence-corrected chi connectivity index (χ3v) is 5.56. The summed E-state index contributed by atoms with van der Waals surface area (Å²) in [7, 11) is 0. The maximum Gasteiger partial charge on any atom is 0.266 e. The van der Waals surface area contributed by atoms with Crippen molar-refractivity contribution in [3.05, 3.63) is 96.1 Å². The molecule has 0 aliphatic carbocycles. The molecule has 0 bridgehead atoms. The van der Waals surface area contributed by atoms with Gasteiger partial charge in [-0.3, -0.25) is 14.4 Å². The fourth-order valence-corrected chi connectivity index (χ4v) is 4.15. The van der Waals surface area contributed by atoms with Crippen LogP contribution in [0.25, 0.3) is 0 Å². The zero-order valence-electron chi connectivity index (χ0n) is 15.9. The van der Waals surface area contributed by atoms with Crippen LogP contribution in [0.2, 0.25) is 0 Å². The predicted octanol–water partition coefficient (Wildman–Crippen LogP) is 4.05. The molecule has 2 saturated heterocycles. The number of carbonyl (C=O) groups is 2. The Morgan fingerprint density at radius 3 is 1.93 bits per heavy atom. The number of rotatable bonds is 3. The molecule has 5 rings (SSSR count). The SMILES string of the molecule is Cc1ccc([C@@H]2[C@@H]3C(=O)N(c4ccccc4)C(=O)[C@H]3ON2c2ccccc2)cc1. The minimum Gasteiger partial charge on any atom is -0.273 e. The lowest BCUT2D eigenvalue weighted by Crippen LogP contribution is -2.37. The molecule has 144 valence electrons. The summed E-state index contributed by atoms with van der Waals surface area (Å²) in [6.07, 6.45) is -0.839. The highest BCUT2D eigenvalue weighted by Gasteiger charge is 2.60. The number of aryl methyl sites for hydroxylation is 1. The Morgan fingerprint density at radius 2 is 1.31 bits per heavy atom. The largest absolute Gasteiger partial charge is 0.273 e. The number of imide groups is 1. The van der Waals surface area contributed by atoms with Crippen molar-refractivity contribution in [1.82, 2.24) is 0 Å². The normalized spacial score (nSPS) is 23.6. The van der Waals surface area contributed by atoms with E-state index in [0.29, 0.717) is 5.69 Å². The molecule has 0 unspecified atom stereocenters. The van der Waals surface area contributed by atoms with Gasteiger partial charge in [0, 0.05) is 0 Å². The summed E-state index contributed by atoms with van der Waals surface area (Å²) in [5.74, 6) is -1.15. The van der Waals surface area contributed by atoms with Gasteiger partial charge < -0.3 is 0 Å². The van der Waals surface area contributed by atoms with Crippen molar-refractivity contribution >= 4 is 23.2 Å². The van der Waals surface area contributed by atoms with Crippen LogP contribution < -0.4 is 9.96 Å². The van der Waals surface area contributed by atoms with Crippen LogP contribution in [0.5, 0.6) is 0 Å². The molecule has 0 aromatic heterocycles. The van der Waals surface area contributed by atoms with E-state index in [4.69, 9.17) is 4.84 Å². The number of hydroxylamine groups is 1. The van der Waals surface area contributed by atoms with E-state index >= 15 is 0 Å². The van der Waals surface area contributed by atoms with Gasteiger partial charge in [-0.2, -0.15) is 0 Å². The summed E-state index contributed by atoms with van der Waals surface area (Å²) >= 11 is 0. The van der Waals surface area contributed by atoms with Crippen molar-refractivity contribution in [2.45, 2.75) is 19.1 Å². The Bertz CT molecular complexity index is 1050. The molecule has 3 atom stereocenters. The quantitative estimate of drug-likeness (QED) is 0.640. The standard InChI is InChI=1S/C24H20N2O3/c1-16-12-14-17(15-13-16)21-20-22(29-26(21)19-10-6-3-7-11-19)24(28)25(23(20)27)18-8-4-2-5-9-18/h2-15,20-22H,1H3/t20-,21+,22-/m0/s1. The highest BCUT2D eigenvalue weighted by Crippen LogP contribution is 2.47. The summed E-state index contributed by atoms with van der Waals surface area (Å²) < 4.78 is 0. The van der Waals surface area contributed by atoms with Gasteiger partial charge in [0.1, 0.15) is 5.92 Å². The van der Waals surface area contributed by atoms with Gasteiger partial charge in [-0.05, 0) is 36.8 Å². The number of carbonyl (C=O) groups excluding carboxylic acids is 2. The van der Waals surface area contributed by atoms with Crippen molar-refractivity contribution in [3.8, 4) is 0 Å². The predicted molar refractivity (Wildman–Crippen MR) is 110 cm³/mol. The molecule has 0 radical (unpaired) electrons. The topological polar surface area (TPSA) is 49.9 Å². The zero-order valence-corrected chi connectivity index (χ0v) is 15.9. The summed E-state index contributed by atoms with van der Waals surface area (Å²) in [4.78, 5) is 34.0. The molecule has 3 aromatic carbocycles. The van der Waals surface area contributed by atoms with E-state index in [-0.39, 0.29) is 17.9 Å². The van der Waals surface area contributed by atoms with Crippen molar-refractivity contribution < 1.29 is 14.4 Å². The molecule has 2 fully saturated rings. The molecule has 2 amide bonds. The second-order valence-electron chi connectivity index (χ2n) is 7.42. The number of hydrogen-bond acceptors (Lipinski definition) is 4. The summed E-state index contributed by atoms with van der Waals surface area (Å²) in [6, 6.07) is 26.3. The molecule has 0 spiro atoms. The van der Waals surface area contributed by atoms with Crippen molar-refractivity contribution in [2.75, 3.05) is 9.96 Å². The fourth-order valence-electron chi connectivity index (χ4n) is 4.15.